The van der Waals surface area contributed by atoms with E-state index < -0.39 is 0 Å². The topological polar surface area (TPSA) is 96.3 Å². The van der Waals surface area contributed by atoms with E-state index in [1.807, 2.05) is 35.7 Å². The third-order valence-electron chi connectivity index (χ3n) is 4.11. The van der Waals surface area contributed by atoms with Crippen molar-refractivity contribution in [2.24, 2.45) is 0 Å². The number of fused-ring (bicyclic) bond motifs is 1. The molecule has 29 heavy (non-hydrogen) atoms. The maximum Gasteiger partial charge on any atom is 0.231 e. The molecule has 1 amide bonds. The largest absolute Gasteiger partial charge is 0.454 e. The number of nitrogens with one attached hydrogen (secondary N) is 2. The van der Waals surface area contributed by atoms with Crippen molar-refractivity contribution in [1.82, 2.24) is 4.98 Å². The van der Waals surface area contributed by atoms with Gasteiger partial charge in [0.05, 0.1) is 5.69 Å². The van der Waals surface area contributed by atoms with Gasteiger partial charge < -0.3 is 20.1 Å². The third-order valence-corrected chi connectivity index (χ3v) is 4.99. The van der Waals surface area contributed by atoms with E-state index in [4.69, 9.17) is 9.47 Å². The molecule has 3 aromatic rings. The van der Waals surface area contributed by atoms with Crippen LogP contribution in [0.15, 0.2) is 54.0 Å². The first-order chi connectivity index (χ1) is 14.1. The number of nitrogens with zero attached hydrogens (tertiary/aromatic N) is 2. The highest BCUT2D eigenvalue weighted by Gasteiger charge is 2.15. The van der Waals surface area contributed by atoms with Gasteiger partial charge >= 0.3 is 0 Å². The number of nitriles is 1. The molecule has 0 atom stereocenters. The molecule has 0 aliphatic carbocycles. The molecule has 1 aromatic heterocycles. The van der Waals surface area contributed by atoms with Crippen molar-refractivity contribution < 1.29 is 14.3 Å². The Labute approximate surface area is 171 Å². The Hall–Kier alpha value is -3.83. The van der Waals surface area contributed by atoms with Crippen LogP contribution in [0.1, 0.15) is 11.9 Å². The Morgan fingerprint density at radius 3 is 2.69 bits per heavy atom. The van der Waals surface area contributed by atoms with Gasteiger partial charge in [-0.3, -0.25) is 4.79 Å². The number of ether oxygens (including phenoxy) is 2. The van der Waals surface area contributed by atoms with Crippen LogP contribution in [0.5, 0.6) is 11.5 Å². The number of thiazole rings is 1. The Morgan fingerprint density at radius 1 is 1.17 bits per heavy atom. The summed E-state index contributed by atoms with van der Waals surface area (Å²) in [6, 6.07) is 15.0. The molecule has 4 rings (SSSR count). The Balaban J connectivity index is 1.50. The van der Waals surface area contributed by atoms with E-state index in [1.54, 1.807) is 18.3 Å². The van der Waals surface area contributed by atoms with E-state index in [0.717, 1.165) is 22.7 Å². The molecule has 7 nitrogen and oxygen atoms in total. The molecule has 0 spiro atoms. The monoisotopic (exact) mass is 404 g/mol. The normalized spacial score (nSPS) is 12.3. The molecular formula is C21H16N4O3S. The van der Waals surface area contributed by atoms with Crippen LogP contribution in [0.2, 0.25) is 0 Å². The van der Waals surface area contributed by atoms with Crippen molar-refractivity contribution in [2.75, 3.05) is 17.4 Å². The van der Waals surface area contributed by atoms with Gasteiger partial charge in [-0.05, 0) is 42.5 Å². The molecule has 0 saturated carbocycles. The van der Waals surface area contributed by atoms with Gasteiger partial charge in [-0.15, -0.1) is 11.3 Å². The number of hydrogen-bond acceptors (Lipinski definition) is 7. The summed E-state index contributed by atoms with van der Waals surface area (Å²) in [7, 11) is 0. The van der Waals surface area contributed by atoms with Crippen molar-refractivity contribution in [2.45, 2.75) is 6.92 Å². The van der Waals surface area contributed by atoms with Gasteiger partial charge in [0.15, 0.2) is 11.5 Å². The number of rotatable bonds is 5. The van der Waals surface area contributed by atoms with Gasteiger partial charge in [-0.1, -0.05) is 0 Å². The molecular weight excluding hydrogens is 388 g/mol. The van der Waals surface area contributed by atoms with Crippen LogP contribution in [0, 0.1) is 11.3 Å². The summed E-state index contributed by atoms with van der Waals surface area (Å²) in [5, 5.41) is 17.8. The quantitative estimate of drug-likeness (QED) is 0.609. The van der Waals surface area contributed by atoms with E-state index >= 15 is 0 Å². The summed E-state index contributed by atoms with van der Waals surface area (Å²) < 4.78 is 10.7. The fourth-order valence-corrected chi connectivity index (χ4v) is 3.53. The van der Waals surface area contributed by atoms with Gasteiger partial charge in [-0.25, -0.2) is 4.98 Å². The Morgan fingerprint density at radius 2 is 1.93 bits per heavy atom. The first-order valence-corrected chi connectivity index (χ1v) is 9.61. The van der Waals surface area contributed by atoms with Gasteiger partial charge in [0.2, 0.25) is 12.7 Å². The molecule has 1 aliphatic rings. The number of benzene rings is 2. The van der Waals surface area contributed by atoms with E-state index in [2.05, 4.69) is 21.7 Å². The third kappa shape index (κ3) is 4.20. The van der Waals surface area contributed by atoms with Crippen molar-refractivity contribution in [3.63, 3.8) is 0 Å². The van der Waals surface area contributed by atoms with E-state index in [0.29, 0.717) is 22.0 Å². The molecule has 0 unspecified atom stereocenters. The predicted octanol–water partition coefficient (Wildman–Crippen LogP) is 4.47. The average Bonchev–Trinajstić information content (AvgIpc) is 3.38. The van der Waals surface area contributed by atoms with Gasteiger partial charge in [0, 0.05) is 35.4 Å². The molecule has 0 radical (unpaired) electrons. The Kier molecular flexibility index (Phi) is 5.14. The van der Waals surface area contributed by atoms with Crippen molar-refractivity contribution in [1.29, 1.82) is 5.26 Å². The highest BCUT2D eigenvalue weighted by Crippen LogP contribution is 2.36. The number of allylic oxidation sites excluding steroid dienone is 1. The van der Waals surface area contributed by atoms with Crippen LogP contribution in [0.25, 0.3) is 16.8 Å². The minimum Gasteiger partial charge on any atom is -0.454 e. The highest BCUT2D eigenvalue weighted by atomic mass is 32.1. The SMILES string of the molecule is CC(=O)Nc1ccc(N/C=C(/C#N)c2nc(-c3ccc4c(c3)OCO4)cs2)cc1. The average molecular weight is 404 g/mol. The number of carbonyl (C=O) groups excluding carboxylic acids is 1. The second-order valence-electron chi connectivity index (χ2n) is 6.18. The van der Waals surface area contributed by atoms with Crippen LogP contribution in [-0.2, 0) is 4.79 Å². The summed E-state index contributed by atoms with van der Waals surface area (Å²) in [6.45, 7) is 1.68. The summed E-state index contributed by atoms with van der Waals surface area (Å²) in [5.41, 5.74) is 3.59. The standard InChI is InChI=1S/C21H16N4O3S/c1-13(26)24-17-5-3-16(4-6-17)23-10-15(9-22)21-25-18(11-29-21)14-2-7-19-20(8-14)28-12-27-19/h2-8,10-11,23H,12H2,1H3,(H,24,26)/b15-10-. The van der Waals surface area contributed by atoms with Crippen molar-refractivity contribution >= 4 is 34.2 Å². The lowest BCUT2D eigenvalue weighted by molar-refractivity contribution is -0.114. The fourth-order valence-electron chi connectivity index (χ4n) is 2.74. The van der Waals surface area contributed by atoms with Crippen LogP contribution in [-0.4, -0.2) is 17.7 Å². The molecule has 1 aliphatic heterocycles. The lowest BCUT2D eigenvalue weighted by Crippen LogP contribution is -2.05. The zero-order chi connectivity index (χ0) is 20.2. The van der Waals surface area contributed by atoms with Crippen LogP contribution >= 0.6 is 11.3 Å². The van der Waals surface area contributed by atoms with Gasteiger partial charge in [-0.2, -0.15) is 5.26 Å². The molecule has 8 heteroatoms. The van der Waals surface area contributed by atoms with Gasteiger partial charge in [0.1, 0.15) is 16.6 Å². The number of hydrogen-bond donors (Lipinski definition) is 2. The first kappa shape index (κ1) is 18.5. The van der Waals surface area contributed by atoms with Gasteiger partial charge in [0.25, 0.3) is 0 Å². The minimum atomic E-state index is -0.126. The van der Waals surface area contributed by atoms with Crippen LogP contribution in [0.3, 0.4) is 0 Å². The summed E-state index contributed by atoms with van der Waals surface area (Å²) >= 11 is 1.39. The number of anilines is 2. The van der Waals surface area contributed by atoms with E-state index in [-0.39, 0.29) is 12.7 Å². The maximum absolute atomic E-state index is 11.1. The molecule has 144 valence electrons. The highest BCUT2D eigenvalue weighted by molar-refractivity contribution is 7.11. The molecule has 2 aromatic carbocycles. The zero-order valence-corrected chi connectivity index (χ0v) is 16.2. The van der Waals surface area contributed by atoms with E-state index in [9.17, 15) is 10.1 Å². The molecule has 0 fully saturated rings. The predicted molar refractivity (Wildman–Crippen MR) is 112 cm³/mol. The number of aromatic nitrogens is 1. The smallest absolute Gasteiger partial charge is 0.231 e. The number of amides is 1. The summed E-state index contributed by atoms with van der Waals surface area (Å²) in [4.78, 5) is 15.7. The summed E-state index contributed by atoms with van der Waals surface area (Å²) in [5.74, 6) is 1.28. The van der Waals surface area contributed by atoms with Crippen molar-refractivity contribution in [3.8, 4) is 28.8 Å². The minimum absolute atomic E-state index is 0.126. The van der Waals surface area contributed by atoms with Crippen molar-refractivity contribution in [3.05, 3.63) is 59.1 Å². The lowest BCUT2D eigenvalue weighted by atomic mass is 10.1. The Bertz CT molecular complexity index is 1130. The molecule has 2 N–H and O–H groups in total. The first-order valence-electron chi connectivity index (χ1n) is 8.73. The second kappa shape index (κ2) is 8.04. The summed E-state index contributed by atoms with van der Waals surface area (Å²) in [6.07, 6.45) is 1.62. The zero-order valence-electron chi connectivity index (χ0n) is 15.4. The second-order valence-corrected chi connectivity index (χ2v) is 7.04. The maximum atomic E-state index is 11.1. The molecule has 0 bridgehead atoms. The van der Waals surface area contributed by atoms with Crippen LogP contribution < -0.4 is 20.1 Å². The molecule has 2 heterocycles. The molecule has 0 saturated heterocycles. The number of carbonyl (C=O) groups is 1. The van der Waals surface area contributed by atoms with E-state index in [1.165, 1.54) is 18.3 Å². The van der Waals surface area contributed by atoms with Crippen LogP contribution in [0.4, 0.5) is 11.4 Å². The fraction of sp³-hybridized carbons (Fsp3) is 0.0952. The lowest BCUT2D eigenvalue weighted by Gasteiger charge is -2.04.